The minimum Gasteiger partial charge on any atom is -0.366 e. The highest BCUT2D eigenvalue weighted by Gasteiger charge is 2.49. The number of fused-ring (bicyclic) bond motifs is 1. The Labute approximate surface area is 172 Å². The summed E-state index contributed by atoms with van der Waals surface area (Å²) < 4.78 is 55.8. The minimum atomic E-state index is -4.54. The van der Waals surface area contributed by atoms with Crippen molar-refractivity contribution in [2.75, 3.05) is 23.8 Å². The zero-order chi connectivity index (χ0) is 20.5. The normalized spacial score (nSPS) is 22.2. The first-order valence-electron chi connectivity index (χ1n) is 8.54. The van der Waals surface area contributed by atoms with E-state index in [4.69, 9.17) is 23.2 Å². The summed E-state index contributed by atoms with van der Waals surface area (Å²) in [6, 6.07) is -0.661. The van der Waals surface area contributed by atoms with Gasteiger partial charge in [-0.25, -0.2) is 9.18 Å². The van der Waals surface area contributed by atoms with Crippen molar-refractivity contribution in [1.82, 2.24) is 9.24 Å². The molecular formula is C16H17Cl2F4N5O2. The first-order valence-corrected chi connectivity index (χ1v) is 8.91. The number of aromatic nitrogens is 2. The number of hydrogen-bond donors (Lipinski definition) is 2. The molecule has 0 radical (unpaired) electrons. The lowest BCUT2D eigenvalue weighted by Gasteiger charge is -2.23. The molecule has 13 heteroatoms. The summed E-state index contributed by atoms with van der Waals surface area (Å²) in [5.74, 6) is 2.69. The lowest BCUT2D eigenvalue weighted by Crippen LogP contribution is -2.44. The van der Waals surface area contributed by atoms with Crippen molar-refractivity contribution in [3.05, 3.63) is 37.7 Å². The molecule has 160 valence electrons. The van der Waals surface area contributed by atoms with Gasteiger partial charge < -0.3 is 16.5 Å². The van der Waals surface area contributed by atoms with Crippen LogP contribution in [0.3, 0.4) is 0 Å². The van der Waals surface area contributed by atoms with Crippen LogP contribution in [0.1, 0.15) is 18.9 Å². The van der Waals surface area contributed by atoms with Gasteiger partial charge in [0.1, 0.15) is 5.82 Å². The van der Waals surface area contributed by atoms with Crippen molar-refractivity contribution < 1.29 is 17.6 Å². The highest BCUT2D eigenvalue weighted by molar-refractivity contribution is 6.38. The van der Waals surface area contributed by atoms with E-state index in [0.717, 1.165) is 11.0 Å². The molecule has 1 aromatic carbocycles. The summed E-state index contributed by atoms with van der Waals surface area (Å²) in [5, 5.41) is -0.511. The largest absolute Gasteiger partial charge is 0.395 e. The van der Waals surface area contributed by atoms with Gasteiger partial charge >= 0.3 is 11.9 Å². The molecular weight excluding hydrogens is 441 g/mol. The number of anilines is 1. The van der Waals surface area contributed by atoms with Crippen LogP contribution in [-0.2, 0) is 0 Å². The number of nitrogens with two attached hydrogens (primary N) is 2. The van der Waals surface area contributed by atoms with Crippen molar-refractivity contribution >= 4 is 40.6 Å². The lowest BCUT2D eigenvalue weighted by atomic mass is 10.0. The molecule has 2 atom stereocenters. The van der Waals surface area contributed by atoms with Crippen LogP contribution in [0.4, 0.5) is 23.2 Å². The smallest absolute Gasteiger partial charge is 0.366 e. The van der Waals surface area contributed by atoms with Crippen LogP contribution >= 0.6 is 24.0 Å². The summed E-state index contributed by atoms with van der Waals surface area (Å²) in [5.41, 5.74) is 3.53. The number of nitrogen functional groups attached to an aromatic ring is 1. The molecule has 1 saturated heterocycles. The summed E-state index contributed by atoms with van der Waals surface area (Å²) in [7, 11) is 0. The quantitative estimate of drug-likeness (QED) is 0.528. The standard InChI is InChI=1S/C16H16ClF4N5O2.ClH/c17-11-12-7(14(27)26(23)15(28)25(12)6-1-2-6)3-9(18)13(11)24-4-8(10(22)5-24)16(19,20)21;/h3,6,8,10H,1-2,4-5,22-23H2;1H/t8-,10-;/m1./s1. The maximum Gasteiger partial charge on any atom is 0.395 e. The van der Waals surface area contributed by atoms with Crippen molar-refractivity contribution in [2.24, 2.45) is 11.7 Å². The molecule has 0 bridgehead atoms. The van der Waals surface area contributed by atoms with Gasteiger partial charge in [-0.15, -0.1) is 12.4 Å². The van der Waals surface area contributed by atoms with Crippen molar-refractivity contribution in [3.8, 4) is 0 Å². The van der Waals surface area contributed by atoms with E-state index in [1.165, 1.54) is 4.57 Å². The van der Waals surface area contributed by atoms with Gasteiger partial charge in [0.25, 0.3) is 5.56 Å². The van der Waals surface area contributed by atoms with E-state index in [9.17, 15) is 27.2 Å². The van der Waals surface area contributed by atoms with E-state index in [-0.39, 0.29) is 46.6 Å². The van der Waals surface area contributed by atoms with E-state index in [0.29, 0.717) is 17.5 Å². The fourth-order valence-corrected chi connectivity index (χ4v) is 4.15. The average Bonchev–Trinajstić information content (AvgIpc) is 3.35. The Morgan fingerprint density at radius 2 is 1.79 bits per heavy atom. The molecule has 1 saturated carbocycles. The lowest BCUT2D eigenvalue weighted by molar-refractivity contribution is -0.171. The third-order valence-electron chi connectivity index (χ3n) is 5.28. The number of hydrogen-bond acceptors (Lipinski definition) is 5. The molecule has 0 unspecified atom stereocenters. The van der Waals surface area contributed by atoms with E-state index in [1.54, 1.807) is 0 Å². The van der Waals surface area contributed by atoms with Crippen LogP contribution in [0.15, 0.2) is 15.7 Å². The number of benzene rings is 1. The van der Waals surface area contributed by atoms with Gasteiger partial charge in [0, 0.05) is 25.2 Å². The van der Waals surface area contributed by atoms with Crippen LogP contribution in [0.25, 0.3) is 10.9 Å². The Hall–Kier alpha value is -1.98. The molecule has 0 spiro atoms. The molecule has 1 aliphatic carbocycles. The average molecular weight is 458 g/mol. The Morgan fingerprint density at radius 1 is 1.17 bits per heavy atom. The second kappa shape index (κ2) is 7.06. The van der Waals surface area contributed by atoms with E-state index in [1.807, 2.05) is 0 Å². The Kier molecular flexibility index (Phi) is 5.29. The van der Waals surface area contributed by atoms with Crippen molar-refractivity contribution in [2.45, 2.75) is 31.1 Å². The summed E-state index contributed by atoms with van der Waals surface area (Å²) in [6.45, 7) is -0.845. The van der Waals surface area contributed by atoms with Gasteiger partial charge in [-0.2, -0.15) is 17.8 Å². The van der Waals surface area contributed by atoms with Crippen LogP contribution in [0, 0.1) is 11.7 Å². The van der Waals surface area contributed by atoms with Gasteiger partial charge in [-0.1, -0.05) is 11.6 Å². The first-order chi connectivity index (χ1) is 13.0. The second-order valence-corrected chi connectivity index (χ2v) is 7.57. The minimum absolute atomic E-state index is 0. The molecule has 2 aliphatic rings. The Balaban J connectivity index is 0.00000240. The number of alkyl halides is 3. The summed E-state index contributed by atoms with van der Waals surface area (Å²) >= 11 is 6.36. The Morgan fingerprint density at radius 3 is 2.31 bits per heavy atom. The first kappa shape index (κ1) is 21.7. The zero-order valence-electron chi connectivity index (χ0n) is 14.7. The zero-order valence-corrected chi connectivity index (χ0v) is 16.3. The number of halogens is 6. The van der Waals surface area contributed by atoms with Crippen molar-refractivity contribution in [3.63, 3.8) is 0 Å². The molecule has 0 amide bonds. The molecule has 2 fully saturated rings. The molecule has 1 aliphatic heterocycles. The highest BCUT2D eigenvalue weighted by Crippen LogP contribution is 2.43. The van der Waals surface area contributed by atoms with Gasteiger partial charge in [0.2, 0.25) is 0 Å². The predicted molar refractivity (Wildman–Crippen MR) is 103 cm³/mol. The topological polar surface area (TPSA) is 99.3 Å². The monoisotopic (exact) mass is 457 g/mol. The van der Waals surface area contributed by atoms with Crippen molar-refractivity contribution in [1.29, 1.82) is 0 Å². The fourth-order valence-electron chi connectivity index (χ4n) is 3.74. The molecule has 2 heterocycles. The van der Waals surface area contributed by atoms with Crippen LogP contribution in [-0.4, -0.2) is 34.6 Å². The van der Waals surface area contributed by atoms with Gasteiger partial charge in [0.05, 0.1) is 27.5 Å². The molecule has 4 N–H and O–H groups in total. The fraction of sp³-hybridized carbons (Fsp3) is 0.500. The van der Waals surface area contributed by atoms with Gasteiger partial charge in [-0.3, -0.25) is 9.36 Å². The maximum absolute atomic E-state index is 14.8. The molecule has 1 aromatic heterocycles. The van der Waals surface area contributed by atoms with E-state index < -0.39 is 41.7 Å². The SMILES string of the molecule is Cl.N[C@@H]1CN(c2c(F)cc3c(=O)n(N)c(=O)n(C4CC4)c3c2Cl)C[C@H]1C(F)(F)F. The maximum atomic E-state index is 14.8. The summed E-state index contributed by atoms with van der Waals surface area (Å²) in [6.07, 6.45) is -3.26. The van der Waals surface area contributed by atoms with Crippen LogP contribution in [0.2, 0.25) is 5.02 Å². The predicted octanol–water partition coefficient (Wildman–Crippen LogP) is 1.75. The number of rotatable bonds is 2. The number of nitrogens with zero attached hydrogens (tertiary/aromatic N) is 3. The summed E-state index contributed by atoms with van der Waals surface area (Å²) in [4.78, 5) is 25.9. The Bertz CT molecular complexity index is 1100. The van der Waals surface area contributed by atoms with E-state index in [2.05, 4.69) is 0 Å². The third kappa shape index (κ3) is 3.34. The van der Waals surface area contributed by atoms with Gasteiger partial charge in [-0.05, 0) is 18.9 Å². The molecule has 29 heavy (non-hydrogen) atoms. The second-order valence-electron chi connectivity index (χ2n) is 7.19. The van der Waals surface area contributed by atoms with Crippen LogP contribution < -0.4 is 27.7 Å². The highest BCUT2D eigenvalue weighted by atomic mass is 35.5. The molecule has 4 rings (SSSR count). The van der Waals surface area contributed by atoms with Crippen LogP contribution in [0.5, 0.6) is 0 Å². The molecule has 7 nitrogen and oxygen atoms in total. The van der Waals surface area contributed by atoms with E-state index >= 15 is 0 Å². The molecule has 2 aromatic rings. The third-order valence-corrected chi connectivity index (χ3v) is 5.64. The van der Waals surface area contributed by atoms with Gasteiger partial charge in [0.15, 0.2) is 0 Å².